The predicted molar refractivity (Wildman–Crippen MR) is 139 cm³/mol. The Kier molecular flexibility index (Phi) is 6.99. The molecule has 1 aromatic heterocycles. The van der Waals surface area contributed by atoms with Gasteiger partial charge in [0.1, 0.15) is 0 Å². The first-order valence-corrected chi connectivity index (χ1v) is 12.9. The van der Waals surface area contributed by atoms with Crippen LogP contribution in [-0.2, 0) is 4.79 Å². The van der Waals surface area contributed by atoms with Gasteiger partial charge in [-0.1, -0.05) is 47.3 Å². The number of fused-ring (bicyclic) bond motifs is 2. The van der Waals surface area contributed by atoms with E-state index in [1.807, 2.05) is 36.4 Å². The fourth-order valence-electron chi connectivity index (χ4n) is 3.77. The van der Waals surface area contributed by atoms with Crippen molar-refractivity contribution in [1.29, 1.82) is 0 Å². The maximum Gasteiger partial charge on any atom is 0.277 e. The quantitative estimate of drug-likeness (QED) is 0.249. The molecule has 0 saturated heterocycles. The number of carbonyl (C=O) groups excluding carboxylic acids is 1. The first kappa shape index (κ1) is 24.4. The second kappa shape index (κ2) is 10.3. The van der Waals surface area contributed by atoms with Crippen molar-refractivity contribution in [2.75, 3.05) is 32.0 Å². The molecule has 184 valence electrons. The van der Waals surface area contributed by atoms with Gasteiger partial charge in [0.2, 0.25) is 17.5 Å². The SMILES string of the molecule is COc1cc(-c2nnc(SCC(=O)N3c4ccccc4Sc4ccc(Cl)cc43)o2)cc(OC)c1OC. The number of aromatic nitrogens is 2. The summed E-state index contributed by atoms with van der Waals surface area (Å²) in [6, 6.07) is 16.8. The highest BCUT2D eigenvalue weighted by molar-refractivity contribution is 8.00. The zero-order chi connectivity index (χ0) is 25.2. The summed E-state index contributed by atoms with van der Waals surface area (Å²) in [4.78, 5) is 17.1. The molecule has 1 aliphatic heterocycles. The normalized spacial score (nSPS) is 12.1. The van der Waals surface area contributed by atoms with Gasteiger partial charge in [-0.25, -0.2) is 0 Å². The molecule has 0 spiro atoms. The summed E-state index contributed by atoms with van der Waals surface area (Å²) >= 11 is 9.03. The Balaban J connectivity index is 1.38. The number of amides is 1. The third kappa shape index (κ3) is 4.59. The lowest BCUT2D eigenvalue weighted by Gasteiger charge is -2.31. The Labute approximate surface area is 220 Å². The van der Waals surface area contributed by atoms with Crippen LogP contribution in [0.5, 0.6) is 17.2 Å². The molecule has 0 atom stereocenters. The molecule has 4 aromatic rings. The standard InChI is InChI=1S/C25H20ClN3O5S2/c1-31-18-10-14(11-19(32-2)23(18)33-3)24-27-28-25(34-24)35-13-22(30)29-16-6-4-5-7-20(16)36-21-9-8-15(26)12-17(21)29/h4-12H,13H2,1-3H3. The van der Waals surface area contributed by atoms with Gasteiger partial charge in [0.15, 0.2) is 11.5 Å². The van der Waals surface area contributed by atoms with Crippen molar-refractivity contribution < 1.29 is 23.4 Å². The molecular weight excluding hydrogens is 522 g/mol. The summed E-state index contributed by atoms with van der Waals surface area (Å²) in [6.07, 6.45) is 0. The number of nitrogens with zero attached hydrogens (tertiary/aromatic N) is 3. The summed E-state index contributed by atoms with van der Waals surface area (Å²) in [6.45, 7) is 0. The van der Waals surface area contributed by atoms with E-state index < -0.39 is 0 Å². The molecule has 1 aliphatic rings. The predicted octanol–water partition coefficient (Wildman–Crippen LogP) is 6.34. The molecule has 5 rings (SSSR count). The highest BCUT2D eigenvalue weighted by atomic mass is 35.5. The van der Waals surface area contributed by atoms with E-state index in [9.17, 15) is 4.79 Å². The van der Waals surface area contributed by atoms with Crippen molar-refractivity contribution >= 4 is 52.4 Å². The molecule has 0 bridgehead atoms. The number of hydrogen-bond donors (Lipinski definition) is 0. The third-order valence-electron chi connectivity index (χ3n) is 5.37. The van der Waals surface area contributed by atoms with Gasteiger partial charge in [0.05, 0.1) is 38.5 Å². The van der Waals surface area contributed by atoms with Crippen LogP contribution in [0.4, 0.5) is 11.4 Å². The molecular formula is C25H20ClN3O5S2. The second-order valence-corrected chi connectivity index (χ2v) is 9.93. The van der Waals surface area contributed by atoms with Crippen LogP contribution in [0, 0.1) is 0 Å². The molecule has 0 N–H and O–H groups in total. The van der Waals surface area contributed by atoms with Gasteiger partial charge < -0.3 is 18.6 Å². The fraction of sp³-hybridized carbons (Fsp3) is 0.160. The number of carbonyl (C=O) groups is 1. The molecule has 0 unspecified atom stereocenters. The average Bonchev–Trinajstić information content (AvgIpc) is 3.38. The minimum absolute atomic E-state index is 0.0852. The zero-order valence-corrected chi connectivity index (χ0v) is 21.9. The van der Waals surface area contributed by atoms with Crippen LogP contribution in [-0.4, -0.2) is 43.2 Å². The number of anilines is 2. The Hall–Kier alpha value is -3.34. The fourth-order valence-corrected chi connectivity index (χ4v) is 5.59. The average molecular weight is 542 g/mol. The monoisotopic (exact) mass is 541 g/mol. The summed E-state index contributed by atoms with van der Waals surface area (Å²) in [5, 5.41) is 9.06. The first-order valence-electron chi connectivity index (χ1n) is 10.7. The van der Waals surface area contributed by atoms with Gasteiger partial charge in [-0.3, -0.25) is 9.69 Å². The van der Waals surface area contributed by atoms with Crippen LogP contribution in [0.15, 0.2) is 74.0 Å². The van der Waals surface area contributed by atoms with Crippen molar-refractivity contribution in [2.24, 2.45) is 0 Å². The van der Waals surface area contributed by atoms with Gasteiger partial charge >= 0.3 is 0 Å². The van der Waals surface area contributed by atoms with E-state index in [2.05, 4.69) is 10.2 Å². The molecule has 0 aliphatic carbocycles. The number of rotatable bonds is 7. The number of para-hydroxylation sites is 1. The largest absolute Gasteiger partial charge is 0.493 e. The first-order chi connectivity index (χ1) is 17.5. The van der Waals surface area contributed by atoms with Crippen molar-refractivity contribution in [2.45, 2.75) is 15.0 Å². The summed E-state index contributed by atoms with van der Waals surface area (Å²) in [5.41, 5.74) is 2.16. The molecule has 36 heavy (non-hydrogen) atoms. The highest BCUT2D eigenvalue weighted by Crippen LogP contribution is 2.49. The van der Waals surface area contributed by atoms with Crippen LogP contribution in [0.3, 0.4) is 0 Å². The van der Waals surface area contributed by atoms with Crippen LogP contribution in [0.25, 0.3) is 11.5 Å². The number of thioether (sulfide) groups is 1. The lowest BCUT2D eigenvalue weighted by atomic mass is 10.2. The van der Waals surface area contributed by atoms with Gasteiger partial charge in [0.25, 0.3) is 5.22 Å². The molecule has 3 aromatic carbocycles. The van der Waals surface area contributed by atoms with E-state index in [0.717, 1.165) is 32.9 Å². The van der Waals surface area contributed by atoms with Crippen LogP contribution < -0.4 is 19.1 Å². The zero-order valence-electron chi connectivity index (χ0n) is 19.5. The number of halogens is 1. The maximum atomic E-state index is 13.4. The molecule has 0 radical (unpaired) electrons. The molecule has 8 nitrogen and oxygen atoms in total. The number of methoxy groups -OCH3 is 3. The van der Waals surface area contributed by atoms with Gasteiger partial charge in [0, 0.05) is 20.4 Å². The lowest BCUT2D eigenvalue weighted by molar-refractivity contribution is -0.115. The van der Waals surface area contributed by atoms with Gasteiger partial charge in [-0.05, 0) is 42.5 Å². The molecule has 2 heterocycles. The van der Waals surface area contributed by atoms with Crippen molar-refractivity contribution in [3.05, 3.63) is 59.6 Å². The van der Waals surface area contributed by atoms with Crippen LogP contribution in [0.2, 0.25) is 5.02 Å². The highest BCUT2D eigenvalue weighted by Gasteiger charge is 2.29. The van der Waals surface area contributed by atoms with E-state index in [1.165, 1.54) is 21.3 Å². The van der Waals surface area contributed by atoms with Gasteiger partial charge in [-0.2, -0.15) is 0 Å². The van der Waals surface area contributed by atoms with Crippen molar-refractivity contribution in [1.82, 2.24) is 10.2 Å². The topological polar surface area (TPSA) is 86.9 Å². The number of benzene rings is 3. The van der Waals surface area contributed by atoms with Crippen molar-refractivity contribution in [3.8, 4) is 28.7 Å². The van der Waals surface area contributed by atoms with Gasteiger partial charge in [-0.15, -0.1) is 10.2 Å². The van der Waals surface area contributed by atoms with E-state index in [-0.39, 0.29) is 22.8 Å². The number of hydrogen-bond acceptors (Lipinski definition) is 9. The number of ether oxygens (including phenoxy) is 3. The summed E-state index contributed by atoms with van der Waals surface area (Å²) in [7, 11) is 4.60. The summed E-state index contributed by atoms with van der Waals surface area (Å²) in [5.74, 6) is 1.61. The van der Waals surface area contributed by atoms with E-state index in [4.69, 9.17) is 30.2 Å². The van der Waals surface area contributed by atoms with E-state index >= 15 is 0 Å². The lowest BCUT2D eigenvalue weighted by Crippen LogP contribution is -2.30. The Morgan fingerprint density at radius 2 is 1.69 bits per heavy atom. The second-order valence-electron chi connectivity index (χ2n) is 7.49. The maximum absolute atomic E-state index is 13.4. The van der Waals surface area contributed by atoms with Crippen LogP contribution in [0.1, 0.15) is 0 Å². The molecule has 0 saturated carbocycles. The van der Waals surface area contributed by atoms with E-state index in [0.29, 0.717) is 27.8 Å². The molecule has 1 amide bonds. The Morgan fingerprint density at radius 1 is 0.972 bits per heavy atom. The Bertz CT molecular complexity index is 1420. The van der Waals surface area contributed by atoms with Crippen LogP contribution >= 0.6 is 35.1 Å². The molecule has 11 heteroatoms. The minimum atomic E-state index is -0.135. The smallest absolute Gasteiger partial charge is 0.277 e. The summed E-state index contributed by atoms with van der Waals surface area (Å²) < 4.78 is 22.0. The Morgan fingerprint density at radius 3 is 2.42 bits per heavy atom. The molecule has 0 fully saturated rings. The third-order valence-corrected chi connectivity index (χ3v) is 7.54. The van der Waals surface area contributed by atoms with E-state index in [1.54, 1.807) is 34.9 Å². The van der Waals surface area contributed by atoms with Crippen molar-refractivity contribution in [3.63, 3.8) is 0 Å². The minimum Gasteiger partial charge on any atom is -0.493 e.